The summed E-state index contributed by atoms with van der Waals surface area (Å²) in [6.07, 6.45) is -2.49. The number of piperidine rings is 1. The summed E-state index contributed by atoms with van der Waals surface area (Å²) >= 11 is 0. The van der Waals surface area contributed by atoms with Crippen LogP contribution in [0.2, 0.25) is 0 Å². The molecule has 4 heterocycles. The normalized spacial score (nSPS) is 24.6. The van der Waals surface area contributed by atoms with Crippen LogP contribution in [0.1, 0.15) is 42.6 Å². The highest BCUT2D eigenvalue weighted by Crippen LogP contribution is 2.44. The minimum absolute atomic E-state index is 0.100. The molecule has 36 heavy (non-hydrogen) atoms. The van der Waals surface area contributed by atoms with E-state index in [4.69, 9.17) is 14.6 Å². The number of alkyl halides is 3. The fourth-order valence-electron chi connectivity index (χ4n) is 5.91. The molecule has 11 heteroatoms. The Morgan fingerprint density at radius 2 is 1.89 bits per heavy atom. The van der Waals surface area contributed by atoms with Crippen LogP contribution in [0.4, 0.5) is 13.2 Å². The van der Waals surface area contributed by atoms with Gasteiger partial charge in [0.1, 0.15) is 5.75 Å². The Balaban J connectivity index is 0.000000384. The van der Waals surface area contributed by atoms with Crippen molar-refractivity contribution >= 4 is 17.8 Å². The topological polar surface area (TPSA) is 99.2 Å². The molecule has 2 N–H and O–H groups in total. The number of carboxylic acids is 1. The minimum Gasteiger partial charge on any atom is -0.493 e. The number of halogens is 3. The molecule has 4 aliphatic heterocycles. The summed E-state index contributed by atoms with van der Waals surface area (Å²) < 4.78 is 37.3. The third kappa shape index (κ3) is 5.30. The standard InChI is InChI=1S/C23H31N3O3.C2HF3O2/c1-15(2)12-25-13-18-19(14-25)23(24-21(18)27)6-8-26(9-7-23)22(28)17-3-4-20-16(11-17)5-10-29-20;3-2(4,5)1(6)7/h3-4,11,15,18-19H,5-10,12-14H2,1-2H3,(H,24,27);(H,6,7)/t18-,19+;/m1./s1. The number of aliphatic carboxylic acids is 1. The van der Waals surface area contributed by atoms with Crippen LogP contribution in [0.25, 0.3) is 0 Å². The van der Waals surface area contributed by atoms with E-state index in [2.05, 4.69) is 24.1 Å². The van der Waals surface area contributed by atoms with E-state index in [1.54, 1.807) is 0 Å². The summed E-state index contributed by atoms with van der Waals surface area (Å²) in [5, 5.41) is 10.5. The van der Waals surface area contributed by atoms with Crippen LogP contribution in [-0.2, 0) is 16.0 Å². The number of hydrogen-bond donors (Lipinski definition) is 2. The number of likely N-dealkylation sites (tertiary alicyclic amines) is 2. The van der Waals surface area contributed by atoms with Crippen molar-refractivity contribution in [2.24, 2.45) is 17.8 Å². The lowest BCUT2D eigenvalue weighted by atomic mass is 9.75. The van der Waals surface area contributed by atoms with Crippen molar-refractivity contribution in [3.05, 3.63) is 29.3 Å². The molecule has 0 saturated carbocycles. The molecule has 198 valence electrons. The van der Waals surface area contributed by atoms with Gasteiger partial charge in [-0.2, -0.15) is 13.2 Å². The molecule has 5 rings (SSSR count). The summed E-state index contributed by atoms with van der Waals surface area (Å²) in [7, 11) is 0. The molecule has 0 radical (unpaired) electrons. The van der Waals surface area contributed by atoms with Crippen molar-refractivity contribution < 1.29 is 37.4 Å². The van der Waals surface area contributed by atoms with Gasteiger partial charge >= 0.3 is 12.1 Å². The molecule has 1 aromatic rings. The quantitative estimate of drug-likeness (QED) is 0.647. The molecule has 0 aliphatic carbocycles. The number of amides is 2. The highest BCUT2D eigenvalue weighted by atomic mass is 19.4. The average Bonchev–Trinajstić information content (AvgIpc) is 3.50. The van der Waals surface area contributed by atoms with Crippen molar-refractivity contribution in [1.82, 2.24) is 15.1 Å². The second kappa shape index (κ2) is 9.91. The van der Waals surface area contributed by atoms with Gasteiger partial charge in [-0.05, 0) is 42.5 Å². The highest BCUT2D eigenvalue weighted by Gasteiger charge is 2.57. The number of carboxylic acid groups (broad SMARTS) is 1. The number of ether oxygens (including phenoxy) is 1. The monoisotopic (exact) mass is 511 g/mol. The molecule has 3 saturated heterocycles. The molecule has 0 aromatic heterocycles. The maximum absolute atomic E-state index is 13.1. The molecular formula is C25H32F3N3O5. The Kier molecular flexibility index (Phi) is 7.23. The smallest absolute Gasteiger partial charge is 0.490 e. The first-order chi connectivity index (χ1) is 16.9. The van der Waals surface area contributed by atoms with E-state index in [9.17, 15) is 22.8 Å². The number of hydrogen-bond acceptors (Lipinski definition) is 5. The van der Waals surface area contributed by atoms with E-state index in [-0.39, 0.29) is 23.3 Å². The second-order valence-corrected chi connectivity index (χ2v) is 10.5. The van der Waals surface area contributed by atoms with Gasteiger partial charge in [-0.15, -0.1) is 0 Å². The summed E-state index contributed by atoms with van der Waals surface area (Å²) in [5.41, 5.74) is 1.75. The van der Waals surface area contributed by atoms with Gasteiger partial charge in [0.15, 0.2) is 0 Å². The van der Waals surface area contributed by atoms with Gasteiger partial charge in [-0.1, -0.05) is 13.8 Å². The van der Waals surface area contributed by atoms with E-state index in [1.807, 2.05) is 23.1 Å². The fourth-order valence-corrected chi connectivity index (χ4v) is 5.91. The third-order valence-corrected chi connectivity index (χ3v) is 7.56. The molecular weight excluding hydrogens is 479 g/mol. The van der Waals surface area contributed by atoms with Gasteiger partial charge in [0.2, 0.25) is 5.91 Å². The number of fused-ring (bicyclic) bond motifs is 3. The number of nitrogens with zero attached hydrogens (tertiary/aromatic N) is 2. The van der Waals surface area contributed by atoms with E-state index < -0.39 is 12.1 Å². The lowest BCUT2D eigenvalue weighted by Gasteiger charge is -2.43. The van der Waals surface area contributed by atoms with Crippen LogP contribution in [0, 0.1) is 17.8 Å². The highest BCUT2D eigenvalue weighted by molar-refractivity contribution is 5.95. The van der Waals surface area contributed by atoms with Crippen LogP contribution in [0.15, 0.2) is 18.2 Å². The summed E-state index contributed by atoms with van der Waals surface area (Å²) in [6, 6.07) is 5.79. The predicted molar refractivity (Wildman–Crippen MR) is 124 cm³/mol. The van der Waals surface area contributed by atoms with Crippen molar-refractivity contribution in [3.63, 3.8) is 0 Å². The van der Waals surface area contributed by atoms with Crippen LogP contribution in [-0.4, -0.2) is 83.7 Å². The lowest BCUT2D eigenvalue weighted by Crippen LogP contribution is -2.56. The number of carbonyl (C=O) groups excluding carboxylic acids is 2. The van der Waals surface area contributed by atoms with E-state index in [1.165, 1.54) is 0 Å². The Labute approximate surface area is 207 Å². The Hall–Kier alpha value is -2.82. The maximum Gasteiger partial charge on any atom is 0.490 e. The average molecular weight is 512 g/mol. The van der Waals surface area contributed by atoms with Crippen LogP contribution in [0.3, 0.4) is 0 Å². The molecule has 2 amide bonds. The van der Waals surface area contributed by atoms with Crippen molar-refractivity contribution in [1.29, 1.82) is 0 Å². The summed E-state index contributed by atoms with van der Waals surface area (Å²) in [5.74, 6) is -0.414. The zero-order valence-corrected chi connectivity index (χ0v) is 20.4. The van der Waals surface area contributed by atoms with Gasteiger partial charge < -0.3 is 25.0 Å². The molecule has 2 atom stereocenters. The van der Waals surface area contributed by atoms with Gasteiger partial charge in [0.05, 0.1) is 12.5 Å². The first-order valence-electron chi connectivity index (χ1n) is 12.3. The van der Waals surface area contributed by atoms with Crippen molar-refractivity contribution in [3.8, 4) is 5.75 Å². The molecule has 0 bridgehead atoms. The summed E-state index contributed by atoms with van der Waals surface area (Å²) in [6.45, 7) is 9.54. The van der Waals surface area contributed by atoms with E-state index >= 15 is 0 Å². The third-order valence-electron chi connectivity index (χ3n) is 7.56. The van der Waals surface area contributed by atoms with E-state index in [0.717, 1.165) is 55.8 Å². The molecule has 3 fully saturated rings. The molecule has 0 unspecified atom stereocenters. The van der Waals surface area contributed by atoms with Gasteiger partial charge in [-0.3, -0.25) is 9.59 Å². The maximum atomic E-state index is 13.1. The van der Waals surface area contributed by atoms with Gasteiger partial charge in [-0.25, -0.2) is 4.79 Å². The number of benzene rings is 1. The van der Waals surface area contributed by atoms with Gasteiger partial charge in [0.25, 0.3) is 5.91 Å². The number of nitrogens with one attached hydrogen (secondary N) is 1. The zero-order valence-electron chi connectivity index (χ0n) is 20.4. The SMILES string of the molecule is CC(C)CN1C[C@H]2C(=O)NC3(CCN(C(=O)c4ccc5c(c4)CCO5)CC3)[C@H]2C1.O=C(O)C(F)(F)F. The minimum atomic E-state index is -5.08. The van der Waals surface area contributed by atoms with Crippen LogP contribution in [0.5, 0.6) is 5.75 Å². The zero-order chi connectivity index (χ0) is 26.3. The predicted octanol–water partition coefficient (Wildman–Crippen LogP) is 2.56. The molecule has 4 aliphatic rings. The first kappa shape index (κ1) is 26.2. The summed E-state index contributed by atoms with van der Waals surface area (Å²) in [4.78, 5) is 39.1. The molecule has 1 aromatic carbocycles. The number of carbonyl (C=O) groups is 3. The Morgan fingerprint density at radius 3 is 2.50 bits per heavy atom. The molecule has 8 nitrogen and oxygen atoms in total. The number of rotatable bonds is 3. The van der Waals surface area contributed by atoms with Crippen molar-refractivity contribution in [2.45, 2.75) is 44.8 Å². The molecule has 1 spiro atoms. The lowest BCUT2D eigenvalue weighted by molar-refractivity contribution is -0.192. The Morgan fingerprint density at radius 1 is 1.22 bits per heavy atom. The van der Waals surface area contributed by atoms with Crippen LogP contribution < -0.4 is 10.1 Å². The van der Waals surface area contributed by atoms with Crippen molar-refractivity contribution in [2.75, 3.05) is 39.3 Å². The van der Waals surface area contributed by atoms with Gasteiger partial charge in [0, 0.05) is 56.2 Å². The van der Waals surface area contributed by atoms with E-state index in [0.29, 0.717) is 31.5 Å². The second-order valence-electron chi connectivity index (χ2n) is 10.5. The Bertz CT molecular complexity index is 1020. The fraction of sp³-hybridized carbons (Fsp3) is 0.640. The van der Waals surface area contributed by atoms with Crippen LogP contribution >= 0.6 is 0 Å². The first-order valence-corrected chi connectivity index (χ1v) is 12.3. The largest absolute Gasteiger partial charge is 0.493 e.